The average molecular weight is 570 g/mol. The molecule has 1 saturated heterocycles. The van der Waals surface area contributed by atoms with Crippen molar-refractivity contribution in [1.29, 1.82) is 0 Å². The summed E-state index contributed by atoms with van der Waals surface area (Å²) in [6.07, 6.45) is 6.50. The van der Waals surface area contributed by atoms with Crippen molar-refractivity contribution in [3.05, 3.63) is 48.2 Å². The zero-order valence-corrected chi connectivity index (χ0v) is 24.1. The van der Waals surface area contributed by atoms with Gasteiger partial charge in [-0.2, -0.15) is 0 Å². The van der Waals surface area contributed by atoms with Gasteiger partial charge in [0.05, 0.1) is 46.2 Å². The van der Waals surface area contributed by atoms with Crippen LogP contribution in [0.2, 0.25) is 0 Å². The minimum absolute atomic E-state index is 0.0756. The van der Waals surface area contributed by atoms with Crippen LogP contribution < -0.4 is 20.3 Å². The second kappa shape index (κ2) is 10.7. The number of carbonyl (C=O) groups excluding carboxylic acids is 1. The van der Waals surface area contributed by atoms with Crippen LogP contribution in [0.3, 0.4) is 0 Å². The van der Waals surface area contributed by atoms with E-state index in [4.69, 9.17) is 5.11 Å². The fraction of sp³-hybridized carbons (Fsp3) is 0.483. The predicted molar refractivity (Wildman–Crippen MR) is 157 cm³/mol. The fourth-order valence-corrected chi connectivity index (χ4v) is 6.52. The number of hydrogen-bond donors (Lipinski definition) is 5. The summed E-state index contributed by atoms with van der Waals surface area (Å²) in [5, 5.41) is 26.2. The highest BCUT2D eigenvalue weighted by molar-refractivity contribution is 7.89. The topological polar surface area (TPSA) is 136 Å². The lowest BCUT2D eigenvalue weighted by molar-refractivity contribution is 0.102. The molecule has 10 nitrogen and oxygen atoms in total. The zero-order valence-electron chi connectivity index (χ0n) is 23.3. The summed E-state index contributed by atoms with van der Waals surface area (Å²) in [6, 6.07) is 10.3. The summed E-state index contributed by atoms with van der Waals surface area (Å²) in [5.74, 6) is -0.318. The molecule has 1 spiro atoms. The number of nitrogens with zero attached hydrogens (tertiary/aromatic N) is 2. The Morgan fingerprint density at radius 2 is 1.75 bits per heavy atom. The van der Waals surface area contributed by atoms with Crippen molar-refractivity contribution < 1.29 is 23.4 Å². The Morgan fingerprint density at radius 1 is 1.02 bits per heavy atom. The molecule has 5 N–H and O–H groups in total. The number of aromatic nitrogens is 1. The van der Waals surface area contributed by atoms with Gasteiger partial charge in [0.25, 0.3) is 5.91 Å². The summed E-state index contributed by atoms with van der Waals surface area (Å²) >= 11 is 0. The third kappa shape index (κ3) is 5.83. The first-order valence-corrected chi connectivity index (χ1v) is 15.2. The van der Waals surface area contributed by atoms with Crippen molar-refractivity contribution in [2.45, 2.75) is 50.0 Å². The second-order valence-electron chi connectivity index (χ2n) is 11.8. The van der Waals surface area contributed by atoms with E-state index in [1.807, 2.05) is 43.8 Å². The summed E-state index contributed by atoms with van der Waals surface area (Å²) < 4.78 is 30.1. The number of aliphatic hydroxyl groups excluding tert-OH is 2. The van der Waals surface area contributed by atoms with E-state index in [1.165, 1.54) is 18.9 Å². The van der Waals surface area contributed by atoms with Crippen LogP contribution in [0, 0.1) is 5.41 Å². The number of sulfonamides is 1. The second-order valence-corrected chi connectivity index (χ2v) is 13.6. The molecule has 1 saturated carbocycles. The lowest BCUT2D eigenvalue weighted by Crippen LogP contribution is -2.35. The number of amides is 1. The van der Waals surface area contributed by atoms with Crippen molar-refractivity contribution in [3.63, 3.8) is 0 Å². The lowest BCUT2D eigenvalue weighted by Gasteiger charge is -2.35. The molecule has 0 radical (unpaired) electrons. The number of nitrogens with one attached hydrogen (secondary N) is 3. The van der Waals surface area contributed by atoms with Crippen LogP contribution in [0.1, 0.15) is 49.9 Å². The van der Waals surface area contributed by atoms with Crippen LogP contribution in [0.4, 0.5) is 17.1 Å². The van der Waals surface area contributed by atoms with Gasteiger partial charge in [0.1, 0.15) is 0 Å². The zero-order chi connectivity index (χ0) is 28.7. The van der Waals surface area contributed by atoms with Crippen LogP contribution >= 0.6 is 0 Å². The van der Waals surface area contributed by atoms with Crippen LogP contribution in [0.5, 0.6) is 0 Å². The van der Waals surface area contributed by atoms with Crippen LogP contribution in [0.15, 0.2) is 47.5 Å². The number of benzene rings is 2. The Hall–Kier alpha value is -3.12. The van der Waals surface area contributed by atoms with E-state index < -0.39 is 15.6 Å². The van der Waals surface area contributed by atoms with E-state index in [0.717, 1.165) is 42.5 Å². The van der Waals surface area contributed by atoms with Gasteiger partial charge in [-0.3, -0.25) is 4.79 Å². The van der Waals surface area contributed by atoms with Gasteiger partial charge in [0.2, 0.25) is 10.0 Å². The molecule has 5 rings (SSSR count). The molecule has 0 unspecified atom stereocenters. The minimum atomic E-state index is -3.82. The van der Waals surface area contributed by atoms with E-state index in [2.05, 4.69) is 20.3 Å². The average Bonchev–Trinajstić information content (AvgIpc) is 3.58. The maximum Gasteiger partial charge on any atom is 0.255 e. The highest BCUT2D eigenvalue weighted by Gasteiger charge is 2.44. The van der Waals surface area contributed by atoms with Gasteiger partial charge in [-0.25, -0.2) is 13.1 Å². The first kappa shape index (κ1) is 28.4. The number of carbonyl (C=O) groups is 1. The smallest absolute Gasteiger partial charge is 0.255 e. The minimum Gasteiger partial charge on any atom is -0.395 e. The highest BCUT2D eigenvalue weighted by Crippen LogP contribution is 2.54. The van der Waals surface area contributed by atoms with Gasteiger partial charge in [-0.1, -0.05) is 0 Å². The van der Waals surface area contributed by atoms with E-state index in [9.17, 15) is 18.3 Å². The summed E-state index contributed by atoms with van der Waals surface area (Å²) in [4.78, 5) is 15.9. The Kier molecular flexibility index (Phi) is 7.60. The van der Waals surface area contributed by atoms with Crippen molar-refractivity contribution in [3.8, 4) is 0 Å². The fourth-order valence-electron chi connectivity index (χ4n) is 5.48. The van der Waals surface area contributed by atoms with Gasteiger partial charge in [0.15, 0.2) is 0 Å². The Balaban J connectivity index is 1.48. The van der Waals surface area contributed by atoms with E-state index in [1.54, 1.807) is 18.2 Å². The predicted octanol–water partition coefficient (Wildman–Crippen LogP) is 3.26. The number of hydrogen-bond acceptors (Lipinski definition) is 7. The third-order valence-electron chi connectivity index (χ3n) is 8.15. The molecule has 2 fully saturated rings. The molecule has 2 aromatic carbocycles. The highest BCUT2D eigenvalue weighted by atomic mass is 32.2. The quantitative estimate of drug-likeness (QED) is 0.253. The first-order chi connectivity index (χ1) is 19.0. The Labute approximate surface area is 235 Å². The SMILES string of the molecule is Cn1ccc2cc(C(=O)Nc3ccc(S(=O)(=O)NCCO)cc3N3CCC4(CC3)CC4)cc(NC(C)(C)CO)c21. The van der Waals surface area contributed by atoms with Crippen molar-refractivity contribution in [2.24, 2.45) is 12.5 Å². The molecule has 2 aliphatic rings. The van der Waals surface area contributed by atoms with Gasteiger partial charge < -0.3 is 30.3 Å². The molecule has 40 heavy (non-hydrogen) atoms. The molecule has 11 heteroatoms. The lowest BCUT2D eigenvalue weighted by atomic mass is 9.93. The van der Waals surface area contributed by atoms with Crippen LogP contribution in [0.25, 0.3) is 10.9 Å². The number of rotatable bonds is 10. The van der Waals surface area contributed by atoms with E-state index in [-0.39, 0.29) is 30.6 Å². The van der Waals surface area contributed by atoms with Gasteiger partial charge >= 0.3 is 0 Å². The largest absolute Gasteiger partial charge is 0.395 e. The normalized spacial score (nSPS) is 16.9. The van der Waals surface area contributed by atoms with Gasteiger partial charge in [-0.05, 0) is 81.3 Å². The molecule has 1 aromatic heterocycles. The maximum atomic E-state index is 13.7. The van der Waals surface area contributed by atoms with Gasteiger partial charge in [-0.15, -0.1) is 0 Å². The molecule has 2 heterocycles. The van der Waals surface area contributed by atoms with Crippen LogP contribution in [-0.2, 0) is 17.1 Å². The number of fused-ring (bicyclic) bond motifs is 1. The number of anilines is 3. The molecule has 1 aliphatic heterocycles. The standard InChI is InChI=1S/C29H39N5O5S/c1-28(2,19-36)32-24-17-21(16-20-6-12-33(3)26(20)24)27(37)31-23-5-4-22(40(38,39)30-11-15-35)18-25(23)34-13-9-29(7-8-29)10-14-34/h4-6,12,16-18,30,32,35-36H,7-11,13-15,19H2,1-3H3,(H,31,37). The van der Waals surface area contributed by atoms with Crippen LogP contribution in [-0.4, -0.2) is 67.5 Å². The van der Waals surface area contributed by atoms with E-state index >= 15 is 0 Å². The number of piperidine rings is 1. The van der Waals surface area contributed by atoms with Crippen molar-refractivity contribution in [1.82, 2.24) is 9.29 Å². The summed E-state index contributed by atoms with van der Waals surface area (Å²) in [7, 11) is -1.89. The molecular weight excluding hydrogens is 530 g/mol. The van der Waals surface area contributed by atoms with Gasteiger partial charge in [0, 0.05) is 43.8 Å². The first-order valence-electron chi connectivity index (χ1n) is 13.7. The van der Waals surface area contributed by atoms with Crippen molar-refractivity contribution in [2.75, 3.05) is 48.4 Å². The summed E-state index contributed by atoms with van der Waals surface area (Å²) in [6.45, 7) is 4.89. The molecule has 0 bridgehead atoms. The van der Waals surface area contributed by atoms with Crippen molar-refractivity contribution >= 4 is 43.9 Å². The number of aryl methyl sites for hydroxylation is 1. The molecule has 1 aliphatic carbocycles. The Bertz CT molecular complexity index is 1520. The monoisotopic (exact) mass is 569 g/mol. The van der Waals surface area contributed by atoms with E-state index in [0.29, 0.717) is 22.4 Å². The third-order valence-corrected chi connectivity index (χ3v) is 9.61. The molecule has 216 valence electrons. The molecule has 0 atom stereocenters. The Morgan fingerprint density at radius 3 is 2.40 bits per heavy atom. The number of aliphatic hydroxyl groups is 2. The maximum absolute atomic E-state index is 13.7. The molecule has 1 amide bonds. The molecular formula is C29H39N5O5S. The summed E-state index contributed by atoms with van der Waals surface area (Å²) in [5.41, 5.74) is 3.13. The molecule has 3 aromatic rings.